The van der Waals surface area contributed by atoms with Gasteiger partial charge in [0.05, 0.1) is 6.61 Å². The molecule has 2 fully saturated rings. The van der Waals surface area contributed by atoms with Crippen LogP contribution in [0.25, 0.3) is 0 Å². The van der Waals surface area contributed by atoms with Crippen molar-refractivity contribution in [1.29, 1.82) is 0 Å². The van der Waals surface area contributed by atoms with Crippen molar-refractivity contribution in [3.8, 4) is 0 Å². The predicted molar refractivity (Wildman–Crippen MR) is 79.5 cm³/mol. The minimum Gasteiger partial charge on any atom is -0.381 e. The van der Waals surface area contributed by atoms with E-state index in [9.17, 15) is 0 Å². The molecule has 2 atom stereocenters. The van der Waals surface area contributed by atoms with E-state index in [1.54, 1.807) is 0 Å². The molecule has 0 aromatic rings. The molecule has 2 unspecified atom stereocenters. The van der Waals surface area contributed by atoms with Gasteiger partial charge >= 0.3 is 0 Å². The summed E-state index contributed by atoms with van der Waals surface area (Å²) in [5, 5.41) is 3.50. The zero-order valence-corrected chi connectivity index (χ0v) is 12.9. The van der Waals surface area contributed by atoms with E-state index in [4.69, 9.17) is 4.74 Å². The molecule has 0 aromatic heterocycles. The average Bonchev–Trinajstić information content (AvgIpc) is 2.91. The summed E-state index contributed by atoms with van der Waals surface area (Å²) >= 11 is 0. The van der Waals surface area contributed by atoms with Crippen LogP contribution in [-0.4, -0.2) is 76.4 Å². The number of nitrogens with zero attached hydrogens (tertiary/aromatic N) is 2. The van der Waals surface area contributed by atoms with Crippen LogP contribution in [0.4, 0.5) is 0 Å². The maximum Gasteiger partial charge on any atom is 0.0510 e. The summed E-state index contributed by atoms with van der Waals surface area (Å²) in [6, 6.07) is 0.605. The molecule has 0 radical (unpaired) electrons. The van der Waals surface area contributed by atoms with Gasteiger partial charge in [-0.15, -0.1) is 0 Å². The molecule has 2 heterocycles. The van der Waals surface area contributed by atoms with E-state index in [0.29, 0.717) is 12.0 Å². The fourth-order valence-electron chi connectivity index (χ4n) is 3.49. The fourth-order valence-corrected chi connectivity index (χ4v) is 3.49. The van der Waals surface area contributed by atoms with Crippen molar-refractivity contribution in [3.63, 3.8) is 0 Å². The van der Waals surface area contributed by atoms with Gasteiger partial charge in [0.1, 0.15) is 0 Å². The number of nitrogens with one attached hydrogen (secondary N) is 1. The Morgan fingerprint density at radius 1 is 1.26 bits per heavy atom. The van der Waals surface area contributed by atoms with Gasteiger partial charge in [-0.2, -0.15) is 0 Å². The first-order valence-electron chi connectivity index (χ1n) is 7.81. The summed E-state index contributed by atoms with van der Waals surface area (Å²) in [6.45, 7) is 6.88. The van der Waals surface area contributed by atoms with Crippen molar-refractivity contribution in [2.75, 3.05) is 60.5 Å². The van der Waals surface area contributed by atoms with E-state index < -0.39 is 0 Å². The summed E-state index contributed by atoms with van der Waals surface area (Å²) in [7, 11) is 6.47. The molecule has 4 heteroatoms. The Morgan fingerprint density at radius 2 is 2.00 bits per heavy atom. The normalized spacial score (nSPS) is 28.1. The van der Waals surface area contributed by atoms with Crippen molar-refractivity contribution in [2.45, 2.75) is 25.3 Å². The summed E-state index contributed by atoms with van der Waals surface area (Å²) in [4.78, 5) is 4.97. The van der Waals surface area contributed by atoms with Crippen LogP contribution in [0.3, 0.4) is 0 Å². The fraction of sp³-hybridized carbons (Fsp3) is 1.00. The van der Waals surface area contributed by atoms with Crippen LogP contribution in [0.5, 0.6) is 0 Å². The van der Waals surface area contributed by atoms with Crippen LogP contribution >= 0.6 is 0 Å². The number of likely N-dealkylation sites (tertiary alicyclic amines) is 1. The molecule has 112 valence electrons. The number of ether oxygens (including phenoxy) is 1. The van der Waals surface area contributed by atoms with Crippen molar-refractivity contribution in [3.05, 3.63) is 0 Å². The van der Waals surface area contributed by atoms with Crippen LogP contribution in [0.1, 0.15) is 19.3 Å². The van der Waals surface area contributed by atoms with Gasteiger partial charge in [0.15, 0.2) is 0 Å². The number of piperidine rings is 1. The lowest BCUT2D eigenvalue weighted by molar-refractivity contribution is 0.130. The molecule has 2 saturated heterocycles. The highest BCUT2D eigenvalue weighted by Crippen LogP contribution is 2.21. The molecule has 2 rings (SSSR count). The number of hydrogen-bond acceptors (Lipinski definition) is 4. The maximum atomic E-state index is 5.53. The Kier molecular flexibility index (Phi) is 6.07. The number of likely N-dealkylation sites (N-methyl/N-ethyl adjacent to an activating group) is 1. The molecular weight excluding hydrogens is 238 g/mol. The maximum absolute atomic E-state index is 5.53. The molecule has 0 spiro atoms. The molecule has 4 nitrogen and oxygen atoms in total. The zero-order chi connectivity index (χ0) is 13.7. The Morgan fingerprint density at radius 3 is 2.53 bits per heavy atom. The molecule has 0 saturated carbocycles. The highest BCUT2D eigenvalue weighted by atomic mass is 16.5. The smallest absolute Gasteiger partial charge is 0.0510 e. The Hall–Kier alpha value is -0.160. The molecule has 2 aliphatic heterocycles. The molecule has 0 bridgehead atoms. The first kappa shape index (κ1) is 15.2. The standard InChI is InChI=1S/C15H31N3O/c1-16-15(14-6-9-19-12-14)11-18-7-4-13(5-8-18)10-17(2)3/h13-16H,4-12H2,1-3H3. The van der Waals surface area contributed by atoms with E-state index in [1.807, 2.05) is 0 Å². The van der Waals surface area contributed by atoms with E-state index in [1.165, 1.54) is 45.4 Å². The van der Waals surface area contributed by atoms with Gasteiger partial charge in [-0.25, -0.2) is 0 Å². The minimum atomic E-state index is 0.605. The van der Waals surface area contributed by atoms with Crippen LogP contribution < -0.4 is 5.32 Å². The Balaban J connectivity index is 1.71. The van der Waals surface area contributed by atoms with Gasteiger partial charge in [-0.1, -0.05) is 0 Å². The lowest BCUT2D eigenvalue weighted by Gasteiger charge is -2.36. The van der Waals surface area contributed by atoms with Crippen molar-refractivity contribution in [2.24, 2.45) is 11.8 Å². The van der Waals surface area contributed by atoms with Crippen molar-refractivity contribution < 1.29 is 4.74 Å². The van der Waals surface area contributed by atoms with Gasteiger partial charge < -0.3 is 19.9 Å². The highest BCUT2D eigenvalue weighted by Gasteiger charge is 2.28. The minimum absolute atomic E-state index is 0.605. The molecule has 0 aliphatic carbocycles. The summed E-state index contributed by atoms with van der Waals surface area (Å²) in [5.41, 5.74) is 0. The topological polar surface area (TPSA) is 27.7 Å². The molecule has 2 aliphatic rings. The third-order valence-corrected chi connectivity index (χ3v) is 4.69. The van der Waals surface area contributed by atoms with Gasteiger partial charge in [0.25, 0.3) is 0 Å². The van der Waals surface area contributed by atoms with E-state index in [0.717, 1.165) is 19.1 Å². The van der Waals surface area contributed by atoms with Crippen molar-refractivity contribution in [1.82, 2.24) is 15.1 Å². The predicted octanol–water partition coefficient (Wildman–Crippen LogP) is 0.885. The first-order valence-corrected chi connectivity index (χ1v) is 7.81. The van der Waals surface area contributed by atoms with Crippen LogP contribution in [0.2, 0.25) is 0 Å². The van der Waals surface area contributed by atoms with E-state index in [-0.39, 0.29) is 0 Å². The second kappa shape index (κ2) is 7.58. The third kappa shape index (κ3) is 4.71. The zero-order valence-electron chi connectivity index (χ0n) is 12.9. The molecule has 0 amide bonds. The second-order valence-corrected chi connectivity index (χ2v) is 6.53. The molecule has 0 aromatic carbocycles. The molecular formula is C15H31N3O. The third-order valence-electron chi connectivity index (χ3n) is 4.69. The van der Waals surface area contributed by atoms with Gasteiger partial charge in [0, 0.05) is 31.7 Å². The van der Waals surface area contributed by atoms with Gasteiger partial charge in [-0.3, -0.25) is 0 Å². The second-order valence-electron chi connectivity index (χ2n) is 6.53. The quantitative estimate of drug-likeness (QED) is 0.775. The van der Waals surface area contributed by atoms with E-state index >= 15 is 0 Å². The van der Waals surface area contributed by atoms with Gasteiger partial charge in [-0.05, 0) is 59.4 Å². The molecule has 19 heavy (non-hydrogen) atoms. The largest absolute Gasteiger partial charge is 0.381 e. The van der Waals surface area contributed by atoms with Crippen LogP contribution in [0, 0.1) is 11.8 Å². The number of rotatable bonds is 6. The monoisotopic (exact) mass is 269 g/mol. The SMILES string of the molecule is CNC(CN1CCC(CN(C)C)CC1)C1CCOC1. The highest BCUT2D eigenvalue weighted by molar-refractivity contribution is 4.83. The average molecular weight is 269 g/mol. The first-order chi connectivity index (χ1) is 9.19. The number of hydrogen-bond donors (Lipinski definition) is 1. The summed E-state index contributed by atoms with van der Waals surface area (Å²) < 4.78 is 5.53. The lowest BCUT2D eigenvalue weighted by Crippen LogP contribution is -2.47. The molecule has 1 N–H and O–H groups in total. The van der Waals surface area contributed by atoms with Crippen LogP contribution in [0.15, 0.2) is 0 Å². The van der Waals surface area contributed by atoms with Gasteiger partial charge in [0.2, 0.25) is 0 Å². The Bertz CT molecular complexity index is 246. The van der Waals surface area contributed by atoms with E-state index in [2.05, 4.69) is 36.3 Å². The Labute approximate surface area is 118 Å². The lowest BCUT2D eigenvalue weighted by atomic mass is 9.94. The summed E-state index contributed by atoms with van der Waals surface area (Å²) in [5.74, 6) is 1.61. The van der Waals surface area contributed by atoms with Crippen molar-refractivity contribution >= 4 is 0 Å². The van der Waals surface area contributed by atoms with Crippen LogP contribution in [-0.2, 0) is 4.74 Å². The summed E-state index contributed by atoms with van der Waals surface area (Å²) in [6.07, 6.45) is 3.94.